The monoisotopic (exact) mass is 657 g/mol. The van der Waals surface area contributed by atoms with E-state index in [4.69, 9.17) is 19.4 Å². The number of benzene rings is 7. The molecule has 0 amide bonds. The summed E-state index contributed by atoms with van der Waals surface area (Å²) in [6, 6.07) is 65.9. The second kappa shape index (κ2) is 12.5. The van der Waals surface area contributed by atoms with E-state index in [2.05, 4.69) is 127 Å². The zero-order valence-corrected chi connectivity index (χ0v) is 28.1. The molecule has 0 aliphatic heterocycles. The minimum atomic E-state index is -2.87. The molecule has 0 saturated heterocycles. The van der Waals surface area contributed by atoms with Gasteiger partial charge in [0.05, 0.1) is 5.56 Å². The molecule has 5 heteroatoms. The lowest BCUT2D eigenvalue weighted by molar-refractivity contribution is 0.672. The van der Waals surface area contributed by atoms with Crippen LogP contribution in [0, 0.1) is 0 Å². The molecule has 0 radical (unpaired) electrons. The maximum Gasteiger partial charge on any atom is 0.184 e. The molecule has 50 heavy (non-hydrogen) atoms. The number of fused-ring (bicyclic) bond motifs is 3. The van der Waals surface area contributed by atoms with Crippen LogP contribution in [0.4, 0.5) is 0 Å². The fraction of sp³-hybridized carbons (Fsp3) is 0. The van der Waals surface area contributed by atoms with Crippen molar-refractivity contribution in [3.8, 4) is 34.2 Å². The minimum absolute atomic E-state index is 0.571. The predicted octanol–water partition coefficient (Wildman–Crippen LogP) is 8.15. The van der Waals surface area contributed by atoms with Crippen LogP contribution in [0.25, 0.3) is 56.1 Å². The van der Waals surface area contributed by atoms with E-state index in [9.17, 15) is 0 Å². The van der Waals surface area contributed by atoms with Gasteiger partial charge in [-0.25, -0.2) is 15.0 Å². The van der Waals surface area contributed by atoms with Crippen LogP contribution in [0.5, 0.6) is 0 Å². The Morgan fingerprint density at radius 3 is 1.22 bits per heavy atom. The largest absolute Gasteiger partial charge is 0.455 e. The van der Waals surface area contributed by atoms with E-state index in [0.717, 1.165) is 38.6 Å². The van der Waals surface area contributed by atoms with Crippen LogP contribution in [0.3, 0.4) is 0 Å². The summed E-state index contributed by atoms with van der Waals surface area (Å²) >= 11 is 0. The van der Waals surface area contributed by atoms with Gasteiger partial charge in [0.25, 0.3) is 0 Å². The molecule has 9 aromatic rings. The standard InChI is InChI=1S/C45H31N3OSi/c1-6-18-32(19-7-1)43-46-44(33-20-8-2-9-21-33)48-45(47-43)39-30-16-28-37-38-29-17-31-40(42(38)49-41(37)39)50(34-22-10-3-11-23-34,35-24-12-4-13-25-35)36-26-14-5-15-27-36/h1-31H. The van der Waals surface area contributed by atoms with Crippen LogP contribution in [-0.4, -0.2) is 23.0 Å². The Morgan fingerprint density at radius 1 is 0.340 bits per heavy atom. The van der Waals surface area contributed by atoms with Crippen LogP contribution in [0.1, 0.15) is 0 Å². The molecule has 7 aromatic carbocycles. The van der Waals surface area contributed by atoms with E-state index < -0.39 is 8.07 Å². The number of hydrogen-bond acceptors (Lipinski definition) is 4. The number of nitrogens with zero attached hydrogens (tertiary/aromatic N) is 3. The number of rotatable bonds is 7. The van der Waals surface area contributed by atoms with E-state index in [-0.39, 0.29) is 0 Å². The third-order valence-electron chi connectivity index (χ3n) is 9.49. The highest BCUT2D eigenvalue weighted by Gasteiger charge is 2.43. The first kappa shape index (κ1) is 29.7. The zero-order valence-electron chi connectivity index (χ0n) is 27.1. The summed E-state index contributed by atoms with van der Waals surface area (Å²) in [7, 11) is -2.87. The first-order chi connectivity index (χ1) is 24.8. The van der Waals surface area contributed by atoms with E-state index in [0.29, 0.717) is 17.5 Å². The number of furan rings is 1. The summed E-state index contributed by atoms with van der Waals surface area (Å²) in [4.78, 5) is 15.0. The molecule has 9 rings (SSSR count). The molecule has 0 aliphatic carbocycles. The minimum Gasteiger partial charge on any atom is -0.455 e. The van der Waals surface area contributed by atoms with Gasteiger partial charge < -0.3 is 4.42 Å². The molecule has 236 valence electrons. The molecule has 0 unspecified atom stereocenters. The number of hydrogen-bond donors (Lipinski definition) is 0. The van der Waals surface area contributed by atoms with Crippen LogP contribution < -0.4 is 20.7 Å². The Bertz CT molecular complexity index is 2420. The van der Waals surface area contributed by atoms with Crippen molar-refractivity contribution in [2.75, 3.05) is 0 Å². The second-order valence-electron chi connectivity index (χ2n) is 12.4. The van der Waals surface area contributed by atoms with E-state index >= 15 is 0 Å². The average Bonchev–Trinajstić information content (AvgIpc) is 3.60. The lowest BCUT2D eigenvalue weighted by Crippen LogP contribution is -2.74. The summed E-state index contributed by atoms with van der Waals surface area (Å²) in [5.41, 5.74) is 4.33. The van der Waals surface area contributed by atoms with Gasteiger partial charge in [0.2, 0.25) is 0 Å². The molecule has 0 N–H and O–H groups in total. The lowest BCUT2D eigenvalue weighted by atomic mass is 10.1. The smallest absolute Gasteiger partial charge is 0.184 e. The quantitative estimate of drug-likeness (QED) is 0.128. The molecule has 0 spiro atoms. The van der Waals surface area contributed by atoms with Gasteiger partial charge in [0, 0.05) is 21.9 Å². The summed E-state index contributed by atoms with van der Waals surface area (Å²) in [5, 5.41) is 7.18. The Labute approximate surface area is 291 Å². The topological polar surface area (TPSA) is 51.8 Å². The normalized spacial score (nSPS) is 11.6. The van der Waals surface area contributed by atoms with Gasteiger partial charge in [-0.1, -0.05) is 182 Å². The van der Waals surface area contributed by atoms with Gasteiger partial charge in [0.1, 0.15) is 11.2 Å². The van der Waals surface area contributed by atoms with Gasteiger partial charge in [-0.05, 0) is 26.8 Å². The van der Waals surface area contributed by atoms with E-state index in [1.54, 1.807) is 0 Å². The predicted molar refractivity (Wildman–Crippen MR) is 207 cm³/mol. The van der Waals surface area contributed by atoms with Crippen LogP contribution >= 0.6 is 0 Å². The average molecular weight is 658 g/mol. The SMILES string of the molecule is c1ccc(-c2nc(-c3ccccc3)nc(-c3cccc4c3oc3c([Si](c5ccccc5)(c5ccccc5)c5ccccc5)cccc34)n2)cc1. The molecule has 2 aromatic heterocycles. The highest BCUT2D eigenvalue weighted by Crippen LogP contribution is 2.36. The molecule has 0 saturated carbocycles. The molecule has 2 heterocycles. The van der Waals surface area contributed by atoms with Crippen LogP contribution in [0.2, 0.25) is 0 Å². The van der Waals surface area contributed by atoms with E-state index in [1.807, 2.05) is 60.7 Å². The van der Waals surface area contributed by atoms with Gasteiger partial charge in [-0.15, -0.1) is 0 Å². The third-order valence-corrected chi connectivity index (χ3v) is 14.3. The van der Waals surface area contributed by atoms with Crippen molar-refractivity contribution in [3.05, 3.63) is 188 Å². The van der Waals surface area contributed by atoms with Gasteiger partial charge >= 0.3 is 0 Å². The maximum absolute atomic E-state index is 7.17. The molecule has 0 atom stereocenters. The molecular weight excluding hydrogens is 627 g/mol. The van der Waals surface area contributed by atoms with E-state index in [1.165, 1.54) is 20.7 Å². The summed E-state index contributed by atoms with van der Waals surface area (Å²) in [6.45, 7) is 0. The van der Waals surface area contributed by atoms with Crippen molar-refractivity contribution >= 4 is 50.8 Å². The molecule has 0 fully saturated rings. The van der Waals surface area contributed by atoms with Crippen molar-refractivity contribution in [2.24, 2.45) is 0 Å². The van der Waals surface area contributed by atoms with Crippen molar-refractivity contribution < 1.29 is 4.42 Å². The van der Waals surface area contributed by atoms with Crippen LogP contribution in [0.15, 0.2) is 192 Å². The van der Waals surface area contributed by atoms with Crippen molar-refractivity contribution in [1.29, 1.82) is 0 Å². The first-order valence-electron chi connectivity index (χ1n) is 16.8. The summed E-state index contributed by atoms with van der Waals surface area (Å²) in [6.07, 6.45) is 0. The Kier molecular flexibility index (Phi) is 7.45. The lowest BCUT2D eigenvalue weighted by Gasteiger charge is -2.34. The second-order valence-corrected chi connectivity index (χ2v) is 16.1. The zero-order chi connectivity index (χ0) is 33.3. The molecule has 0 bridgehead atoms. The molecular formula is C45H31N3OSi. The highest BCUT2D eigenvalue weighted by atomic mass is 28.3. The van der Waals surface area contributed by atoms with Crippen molar-refractivity contribution in [1.82, 2.24) is 15.0 Å². The maximum atomic E-state index is 7.17. The molecule has 0 aliphatic rings. The molecule has 4 nitrogen and oxygen atoms in total. The van der Waals surface area contributed by atoms with Gasteiger partial charge in [-0.2, -0.15) is 0 Å². The summed E-state index contributed by atoms with van der Waals surface area (Å²) < 4.78 is 7.17. The Balaban J connectivity index is 1.34. The highest BCUT2D eigenvalue weighted by molar-refractivity contribution is 7.20. The van der Waals surface area contributed by atoms with Crippen molar-refractivity contribution in [3.63, 3.8) is 0 Å². The van der Waals surface area contributed by atoms with Crippen molar-refractivity contribution in [2.45, 2.75) is 0 Å². The Hall–Kier alpha value is -6.43. The fourth-order valence-electron chi connectivity index (χ4n) is 7.25. The van der Waals surface area contributed by atoms with Gasteiger partial charge in [0.15, 0.2) is 25.5 Å². The van der Waals surface area contributed by atoms with Gasteiger partial charge in [-0.3, -0.25) is 0 Å². The number of para-hydroxylation sites is 2. The first-order valence-corrected chi connectivity index (χ1v) is 18.8. The third kappa shape index (κ3) is 4.95. The summed E-state index contributed by atoms with van der Waals surface area (Å²) in [5.74, 6) is 1.81. The number of aromatic nitrogens is 3. The fourth-order valence-corrected chi connectivity index (χ4v) is 12.1. The van der Waals surface area contributed by atoms with Crippen LogP contribution in [-0.2, 0) is 0 Å². The Morgan fingerprint density at radius 2 is 0.740 bits per heavy atom.